The number of quaternary nitrogens is 1. The zero-order valence-electron chi connectivity index (χ0n) is 22.6. The Morgan fingerprint density at radius 3 is 2.73 bits per heavy atom. The number of likely N-dealkylation sites (tertiary alicyclic amines) is 1. The molecule has 3 N–H and O–H groups in total. The molecule has 5 rings (SSSR count). The van der Waals surface area contributed by atoms with Crippen LogP contribution in [0.15, 0.2) is 58.4 Å². The Balaban J connectivity index is 1.25. The molecule has 2 amide bonds. The van der Waals surface area contributed by atoms with Crippen LogP contribution in [0.3, 0.4) is 0 Å². The molecular weight excluding hydrogens is 524 g/mol. The molecule has 4 aliphatic heterocycles. The van der Waals surface area contributed by atoms with Crippen LogP contribution in [0.25, 0.3) is 0 Å². The van der Waals surface area contributed by atoms with Crippen molar-refractivity contribution in [3.05, 3.63) is 53.3 Å². The zero-order chi connectivity index (χ0) is 28.3. The van der Waals surface area contributed by atoms with Crippen LogP contribution in [-0.4, -0.2) is 86.0 Å². The van der Waals surface area contributed by atoms with Crippen molar-refractivity contribution in [2.75, 3.05) is 52.1 Å². The quantitative estimate of drug-likeness (QED) is 0.216. The molecule has 0 bridgehead atoms. The minimum Gasteiger partial charge on any atom is -0.395 e. The molecule has 214 valence electrons. The summed E-state index contributed by atoms with van der Waals surface area (Å²) in [6.07, 6.45) is 6.52. The molecule has 1 saturated heterocycles. The number of fused-ring (bicyclic) bond motifs is 1. The van der Waals surface area contributed by atoms with Crippen LogP contribution in [0.4, 0.5) is 14.5 Å². The first kappa shape index (κ1) is 27.6. The van der Waals surface area contributed by atoms with Crippen molar-refractivity contribution < 1.29 is 32.4 Å². The second-order valence-electron chi connectivity index (χ2n) is 10.3. The number of amides is 2. The second kappa shape index (κ2) is 11.3. The van der Waals surface area contributed by atoms with E-state index in [-0.39, 0.29) is 17.4 Å². The summed E-state index contributed by atoms with van der Waals surface area (Å²) in [4.78, 5) is 29.3. The number of rotatable bonds is 11. The predicted octanol–water partition coefficient (Wildman–Crippen LogP) is 2.49. The summed E-state index contributed by atoms with van der Waals surface area (Å²) in [7, 11) is 3.43. The number of hydrogen-bond acceptors (Lipinski definition) is 9. The van der Waals surface area contributed by atoms with E-state index in [4.69, 9.17) is 0 Å². The lowest BCUT2D eigenvalue weighted by atomic mass is 10.2. The highest BCUT2D eigenvalue weighted by Gasteiger charge is 2.43. The van der Waals surface area contributed by atoms with Crippen molar-refractivity contribution in [3.63, 3.8) is 0 Å². The third-order valence-corrected chi connectivity index (χ3v) is 7.19. The van der Waals surface area contributed by atoms with Crippen molar-refractivity contribution >= 4 is 24.2 Å². The van der Waals surface area contributed by atoms with E-state index in [0.717, 1.165) is 19.4 Å². The highest BCUT2D eigenvalue weighted by molar-refractivity contribution is 5.93. The van der Waals surface area contributed by atoms with Gasteiger partial charge in [0, 0.05) is 37.6 Å². The van der Waals surface area contributed by atoms with Crippen molar-refractivity contribution in [1.82, 2.24) is 20.4 Å². The first-order valence-corrected chi connectivity index (χ1v) is 13.4. The van der Waals surface area contributed by atoms with Gasteiger partial charge in [0.05, 0.1) is 0 Å². The summed E-state index contributed by atoms with van der Waals surface area (Å²) in [5.41, 5.74) is 1.99. The lowest BCUT2D eigenvalue weighted by Crippen LogP contribution is -2.42. The molecule has 0 spiro atoms. The summed E-state index contributed by atoms with van der Waals surface area (Å²) >= 11 is 0. The smallest absolute Gasteiger partial charge is 0.395 e. The summed E-state index contributed by atoms with van der Waals surface area (Å²) in [5.74, 6) is 0.0402. The molecule has 1 aromatic rings. The molecule has 0 saturated carbocycles. The number of anilines is 1. The van der Waals surface area contributed by atoms with Gasteiger partial charge in [0.25, 0.3) is 11.7 Å². The summed E-state index contributed by atoms with van der Waals surface area (Å²) in [6.45, 7) is 4.48. The van der Waals surface area contributed by atoms with Gasteiger partial charge in [-0.1, -0.05) is 9.69 Å². The number of benzene rings is 1. The average molecular weight is 559 g/mol. The molecule has 13 heteroatoms. The van der Waals surface area contributed by atoms with Crippen LogP contribution in [0, 0.1) is 0 Å². The Bertz CT molecular complexity index is 1290. The molecule has 40 heavy (non-hydrogen) atoms. The number of nitrogens with one attached hydrogen (secondary N) is 3. The van der Waals surface area contributed by atoms with E-state index < -0.39 is 10.9 Å². The number of carbonyl (C=O) groups is 2. The Labute approximate surface area is 231 Å². The molecule has 4 aliphatic rings. The third-order valence-electron chi connectivity index (χ3n) is 7.19. The van der Waals surface area contributed by atoms with E-state index >= 15 is 0 Å². The van der Waals surface area contributed by atoms with Crippen LogP contribution in [0.2, 0.25) is 0 Å². The fourth-order valence-electron chi connectivity index (χ4n) is 4.95. The van der Waals surface area contributed by atoms with Gasteiger partial charge in [-0.2, -0.15) is 0 Å². The highest BCUT2D eigenvalue weighted by Crippen LogP contribution is 2.42. The largest absolute Gasteiger partial charge is 0.586 e. The van der Waals surface area contributed by atoms with Gasteiger partial charge in [0.2, 0.25) is 0 Å². The molecule has 11 nitrogen and oxygen atoms in total. The molecule has 0 aromatic heterocycles. The first-order valence-electron chi connectivity index (χ1n) is 13.4. The van der Waals surface area contributed by atoms with Crippen molar-refractivity contribution in [2.24, 2.45) is 5.10 Å². The van der Waals surface area contributed by atoms with Gasteiger partial charge in [-0.05, 0) is 69.6 Å². The van der Waals surface area contributed by atoms with E-state index in [1.165, 1.54) is 44.3 Å². The number of likely N-dealkylation sites (N-methyl/N-ethyl adjacent to an activating group) is 1. The third kappa shape index (κ3) is 6.10. The Morgan fingerprint density at radius 2 is 1.95 bits per heavy atom. The van der Waals surface area contributed by atoms with Gasteiger partial charge in [-0.25, -0.2) is 4.79 Å². The molecule has 0 radical (unpaired) electrons. The lowest BCUT2D eigenvalue weighted by molar-refractivity contribution is -0.793. The number of allylic oxidation sites excluding steroid dienone is 2. The number of alkyl halides is 2. The molecular formula is C27H34F2N7O4+. The van der Waals surface area contributed by atoms with Crippen molar-refractivity contribution in [2.45, 2.75) is 32.0 Å². The number of unbranched alkanes of at least 4 members (excludes halogenated alkanes) is 1. The zero-order valence-corrected chi connectivity index (χ0v) is 22.6. The topological polar surface area (TPSA) is 108 Å². The Morgan fingerprint density at radius 1 is 1.18 bits per heavy atom. The maximum Gasteiger partial charge on any atom is 0.586 e. The van der Waals surface area contributed by atoms with E-state index in [1.807, 2.05) is 18.0 Å². The fraction of sp³-hybridized carbons (Fsp3) is 0.444. The molecule has 0 aliphatic carbocycles. The SMILES string of the molecule is CN1CC=C(NC2=C(Nc3ccc4c(c3)OC(F)(F)O4)C=N[N@@+]2(C)C=O)C=C1C(=O)NCCCCN1CCCC1. The van der Waals surface area contributed by atoms with Crippen molar-refractivity contribution in [1.29, 1.82) is 0 Å². The fourth-order valence-corrected chi connectivity index (χ4v) is 4.95. The highest BCUT2D eigenvalue weighted by atomic mass is 19.3. The van der Waals surface area contributed by atoms with Gasteiger partial charge in [0.15, 0.2) is 11.5 Å². The van der Waals surface area contributed by atoms with E-state index in [1.54, 1.807) is 19.2 Å². The average Bonchev–Trinajstić information content (AvgIpc) is 3.63. The Kier molecular flexibility index (Phi) is 7.76. The van der Waals surface area contributed by atoms with Crippen LogP contribution >= 0.6 is 0 Å². The predicted molar refractivity (Wildman–Crippen MR) is 144 cm³/mol. The van der Waals surface area contributed by atoms with E-state index in [9.17, 15) is 18.4 Å². The summed E-state index contributed by atoms with van der Waals surface area (Å²) in [6, 6.07) is 4.29. The van der Waals surface area contributed by atoms with Crippen molar-refractivity contribution in [3.8, 4) is 11.5 Å². The number of carbonyl (C=O) groups excluding carboxylic acids is 2. The Hall–Kier alpha value is -3.97. The second-order valence-corrected chi connectivity index (χ2v) is 10.3. The van der Waals surface area contributed by atoms with Gasteiger partial charge in [-0.15, -0.1) is 8.78 Å². The van der Waals surface area contributed by atoms with E-state index in [0.29, 0.717) is 48.1 Å². The van der Waals surface area contributed by atoms with E-state index in [2.05, 4.69) is 35.4 Å². The monoisotopic (exact) mass is 558 g/mol. The van der Waals surface area contributed by atoms with Crippen LogP contribution < -0.4 is 25.4 Å². The van der Waals surface area contributed by atoms with Gasteiger partial charge in [0.1, 0.15) is 24.7 Å². The number of halogens is 2. The standard InChI is InChI=1S/C27H33F2N7O4/c1-34-14-9-20(15-22(34)26(38)30-10-3-4-11-35-12-5-6-13-35)33-25-21(17-31-36(25,2)18-37)32-19-7-8-23-24(16-19)40-27(28,29)39-23/h7-9,15-18,32H,3-6,10-14H2,1-2H3,(H-,30,31,33,38)/p+1/t36-/m0/s1. The molecule has 1 fully saturated rings. The number of hydrogen-bond donors (Lipinski definition) is 3. The first-order chi connectivity index (χ1) is 19.2. The van der Waals surface area contributed by atoms with Crippen LogP contribution in [-0.2, 0) is 9.59 Å². The minimum absolute atomic E-state index is 0.0736. The van der Waals surface area contributed by atoms with Gasteiger partial charge in [-0.3, -0.25) is 4.79 Å². The minimum atomic E-state index is -3.72. The maximum absolute atomic E-state index is 13.4. The normalized spacial score (nSPS) is 23.2. The molecule has 0 unspecified atom stereocenters. The molecule has 1 aromatic carbocycles. The lowest BCUT2D eigenvalue weighted by Gasteiger charge is -2.27. The van der Waals surface area contributed by atoms with Gasteiger partial charge >= 0.3 is 12.7 Å². The van der Waals surface area contributed by atoms with Gasteiger partial charge < -0.3 is 35.2 Å². The number of ether oxygens (including phenoxy) is 2. The summed E-state index contributed by atoms with van der Waals surface area (Å²) in [5, 5.41) is 13.6. The molecule has 1 atom stereocenters. The maximum atomic E-state index is 13.4. The molecule has 4 heterocycles. The van der Waals surface area contributed by atoms with Crippen LogP contribution in [0.1, 0.15) is 25.7 Å². The number of nitrogens with zero attached hydrogens (tertiary/aromatic N) is 4. The summed E-state index contributed by atoms with van der Waals surface area (Å²) < 4.78 is 35.4. The van der Waals surface area contributed by atoms with Crippen LogP contribution in [0.5, 0.6) is 11.5 Å².